The van der Waals surface area contributed by atoms with E-state index in [4.69, 9.17) is 4.74 Å². The van der Waals surface area contributed by atoms with E-state index in [2.05, 4.69) is 41.3 Å². The van der Waals surface area contributed by atoms with Crippen molar-refractivity contribution < 1.29 is 4.74 Å². The Balaban J connectivity index is 1.61. The molecule has 2 unspecified atom stereocenters. The molecule has 2 aliphatic rings. The van der Waals surface area contributed by atoms with Crippen molar-refractivity contribution in [1.82, 2.24) is 15.5 Å². The van der Waals surface area contributed by atoms with Crippen LogP contribution in [0.4, 0.5) is 0 Å². The molecule has 0 bridgehead atoms. The Hall–Kier alpha value is -0.810. The highest BCUT2D eigenvalue weighted by Crippen LogP contribution is 2.21. The van der Waals surface area contributed by atoms with Gasteiger partial charge in [-0.15, -0.1) is 0 Å². The fraction of sp³-hybridized carbons (Fsp3) is 0.944. The number of hydrogen-bond donors (Lipinski definition) is 2. The molecule has 2 fully saturated rings. The summed E-state index contributed by atoms with van der Waals surface area (Å²) in [6.07, 6.45) is 6.74. The zero-order chi connectivity index (χ0) is 16.7. The Kier molecular flexibility index (Phi) is 7.63. The number of guanidine groups is 1. The summed E-state index contributed by atoms with van der Waals surface area (Å²) < 4.78 is 5.90. The first-order chi connectivity index (χ1) is 11.1. The number of likely N-dealkylation sites (tertiary alicyclic amines) is 1. The lowest BCUT2D eigenvalue weighted by Gasteiger charge is -2.22. The molecule has 23 heavy (non-hydrogen) atoms. The third-order valence-electron chi connectivity index (χ3n) is 5.19. The van der Waals surface area contributed by atoms with Gasteiger partial charge in [-0.05, 0) is 39.0 Å². The molecule has 1 aliphatic carbocycles. The first-order valence-corrected chi connectivity index (χ1v) is 9.43. The molecule has 0 radical (unpaired) electrons. The number of aliphatic imine (C=N–C) groups is 1. The molecule has 2 atom stereocenters. The molecule has 0 aromatic heterocycles. The Bertz CT molecular complexity index is 366. The van der Waals surface area contributed by atoms with E-state index < -0.39 is 0 Å². The smallest absolute Gasteiger partial charge is 0.191 e. The highest BCUT2D eigenvalue weighted by molar-refractivity contribution is 5.80. The van der Waals surface area contributed by atoms with E-state index in [0.29, 0.717) is 24.1 Å². The van der Waals surface area contributed by atoms with Crippen LogP contribution in [0.25, 0.3) is 0 Å². The standard InChI is InChI=1S/C18H36N4O/c1-14(2)22-12-15(3)17(13-22)21-18(19-4)20-10-7-11-23-16-8-5-6-9-16/h14-17H,5-13H2,1-4H3,(H2,19,20,21). The SMILES string of the molecule is CN=C(NCCCOC1CCCC1)NC1CN(C(C)C)CC1C. The molecule has 2 N–H and O–H groups in total. The molecule has 0 amide bonds. The number of nitrogens with one attached hydrogen (secondary N) is 2. The van der Waals surface area contributed by atoms with E-state index in [0.717, 1.165) is 32.1 Å². The summed E-state index contributed by atoms with van der Waals surface area (Å²) in [6, 6.07) is 1.10. The molecule has 5 nitrogen and oxygen atoms in total. The minimum absolute atomic E-state index is 0.485. The Morgan fingerprint density at radius 1 is 1.26 bits per heavy atom. The third kappa shape index (κ3) is 5.96. The van der Waals surface area contributed by atoms with Gasteiger partial charge in [0.25, 0.3) is 0 Å². The average Bonchev–Trinajstić information content (AvgIpc) is 3.16. The van der Waals surface area contributed by atoms with Gasteiger partial charge in [0, 0.05) is 45.4 Å². The Morgan fingerprint density at radius 2 is 2.00 bits per heavy atom. The molecule has 0 aromatic rings. The van der Waals surface area contributed by atoms with Crippen LogP contribution in [0.5, 0.6) is 0 Å². The molecular formula is C18H36N4O. The van der Waals surface area contributed by atoms with Crippen LogP contribution >= 0.6 is 0 Å². The summed E-state index contributed by atoms with van der Waals surface area (Å²) in [5.41, 5.74) is 0. The minimum Gasteiger partial charge on any atom is -0.378 e. The van der Waals surface area contributed by atoms with Gasteiger partial charge in [-0.1, -0.05) is 19.8 Å². The van der Waals surface area contributed by atoms with Gasteiger partial charge in [0.05, 0.1) is 6.10 Å². The molecule has 1 saturated carbocycles. The molecule has 5 heteroatoms. The van der Waals surface area contributed by atoms with Crippen LogP contribution in [0.2, 0.25) is 0 Å². The van der Waals surface area contributed by atoms with Gasteiger partial charge in [0.15, 0.2) is 5.96 Å². The van der Waals surface area contributed by atoms with Crippen LogP contribution in [0.15, 0.2) is 4.99 Å². The maximum atomic E-state index is 5.90. The minimum atomic E-state index is 0.485. The van der Waals surface area contributed by atoms with Gasteiger partial charge >= 0.3 is 0 Å². The first-order valence-electron chi connectivity index (χ1n) is 9.43. The van der Waals surface area contributed by atoms with Crippen LogP contribution in [0.1, 0.15) is 52.9 Å². The highest BCUT2D eigenvalue weighted by Gasteiger charge is 2.31. The fourth-order valence-electron chi connectivity index (χ4n) is 3.57. The second-order valence-corrected chi connectivity index (χ2v) is 7.41. The lowest BCUT2D eigenvalue weighted by Crippen LogP contribution is -2.47. The Labute approximate surface area is 142 Å². The molecule has 134 valence electrons. The predicted molar refractivity (Wildman–Crippen MR) is 97.0 cm³/mol. The normalized spacial score (nSPS) is 27.1. The predicted octanol–water partition coefficient (Wildman–Crippen LogP) is 2.23. The fourth-order valence-corrected chi connectivity index (χ4v) is 3.57. The molecule has 0 spiro atoms. The molecule has 1 saturated heterocycles. The maximum Gasteiger partial charge on any atom is 0.191 e. The lowest BCUT2D eigenvalue weighted by molar-refractivity contribution is 0.0574. The Morgan fingerprint density at radius 3 is 2.61 bits per heavy atom. The molecule has 1 aliphatic heterocycles. The van der Waals surface area contributed by atoms with Crippen molar-refractivity contribution in [2.24, 2.45) is 10.9 Å². The second kappa shape index (κ2) is 9.48. The van der Waals surface area contributed by atoms with Gasteiger partial charge in [0.1, 0.15) is 0 Å². The van der Waals surface area contributed by atoms with E-state index in [-0.39, 0.29) is 0 Å². The van der Waals surface area contributed by atoms with E-state index >= 15 is 0 Å². The molecule has 0 aromatic carbocycles. The third-order valence-corrected chi connectivity index (χ3v) is 5.19. The van der Waals surface area contributed by atoms with Gasteiger partial charge in [-0.25, -0.2) is 0 Å². The second-order valence-electron chi connectivity index (χ2n) is 7.41. The number of hydrogen-bond acceptors (Lipinski definition) is 3. The number of rotatable bonds is 7. The van der Waals surface area contributed by atoms with Crippen molar-refractivity contribution in [3.8, 4) is 0 Å². The topological polar surface area (TPSA) is 48.9 Å². The highest BCUT2D eigenvalue weighted by atomic mass is 16.5. The molecular weight excluding hydrogens is 288 g/mol. The zero-order valence-electron chi connectivity index (χ0n) is 15.5. The summed E-state index contributed by atoms with van der Waals surface area (Å²) in [4.78, 5) is 6.90. The van der Waals surface area contributed by atoms with Crippen LogP contribution in [-0.4, -0.2) is 62.3 Å². The largest absolute Gasteiger partial charge is 0.378 e. The van der Waals surface area contributed by atoms with Crippen LogP contribution < -0.4 is 10.6 Å². The zero-order valence-corrected chi connectivity index (χ0v) is 15.5. The number of nitrogens with zero attached hydrogens (tertiary/aromatic N) is 2. The van der Waals surface area contributed by atoms with Gasteiger partial charge in [-0.3, -0.25) is 9.89 Å². The summed E-state index contributed by atoms with van der Waals surface area (Å²) in [7, 11) is 1.85. The van der Waals surface area contributed by atoms with Crippen LogP contribution in [0.3, 0.4) is 0 Å². The van der Waals surface area contributed by atoms with E-state index in [1.165, 1.54) is 32.2 Å². The van der Waals surface area contributed by atoms with Crippen molar-refractivity contribution in [1.29, 1.82) is 0 Å². The monoisotopic (exact) mass is 324 g/mol. The molecule has 1 heterocycles. The van der Waals surface area contributed by atoms with Crippen molar-refractivity contribution in [3.05, 3.63) is 0 Å². The summed E-state index contributed by atoms with van der Waals surface area (Å²) in [5.74, 6) is 1.58. The van der Waals surface area contributed by atoms with Crippen LogP contribution in [0, 0.1) is 5.92 Å². The van der Waals surface area contributed by atoms with Gasteiger partial charge < -0.3 is 15.4 Å². The van der Waals surface area contributed by atoms with E-state index in [1.54, 1.807) is 0 Å². The number of ether oxygens (including phenoxy) is 1. The quantitative estimate of drug-likeness (QED) is 0.428. The van der Waals surface area contributed by atoms with Crippen molar-refractivity contribution >= 4 is 5.96 Å². The van der Waals surface area contributed by atoms with Crippen molar-refractivity contribution in [2.45, 2.75) is 71.1 Å². The summed E-state index contributed by atoms with van der Waals surface area (Å²) >= 11 is 0. The van der Waals surface area contributed by atoms with Crippen LogP contribution in [-0.2, 0) is 4.74 Å². The van der Waals surface area contributed by atoms with Crippen molar-refractivity contribution in [3.63, 3.8) is 0 Å². The summed E-state index contributed by atoms with van der Waals surface area (Å²) in [6.45, 7) is 10.9. The lowest BCUT2D eigenvalue weighted by atomic mass is 10.1. The molecule has 2 rings (SSSR count). The maximum absolute atomic E-state index is 5.90. The first kappa shape index (κ1) is 18.5. The van der Waals surface area contributed by atoms with E-state index in [1.807, 2.05) is 7.05 Å². The van der Waals surface area contributed by atoms with Gasteiger partial charge in [-0.2, -0.15) is 0 Å². The van der Waals surface area contributed by atoms with E-state index in [9.17, 15) is 0 Å². The summed E-state index contributed by atoms with van der Waals surface area (Å²) in [5, 5.41) is 7.02. The van der Waals surface area contributed by atoms with Gasteiger partial charge in [0.2, 0.25) is 0 Å². The average molecular weight is 325 g/mol. The van der Waals surface area contributed by atoms with Crippen molar-refractivity contribution in [2.75, 3.05) is 33.3 Å².